The van der Waals surface area contributed by atoms with E-state index in [0.29, 0.717) is 6.42 Å². The fourth-order valence-corrected chi connectivity index (χ4v) is 12.0. The van der Waals surface area contributed by atoms with Crippen molar-refractivity contribution in [2.75, 3.05) is 6.61 Å². The third-order valence-corrected chi connectivity index (χ3v) is 17.8. The van der Waals surface area contributed by atoms with Gasteiger partial charge in [-0.25, -0.2) is 0 Å². The SMILES string of the molecule is CCCCCCCCCC/C=C\CCCCCCCCCCCCCCCCCCCCCCCCCCCC(=O)NC(CO)C(O)/C=C/CC/C=C/CC/C=C/CCCCCCCCCCCCCCCCCCCCCCCCC. The van der Waals surface area contributed by atoms with Crippen LogP contribution in [0.5, 0.6) is 0 Å². The number of aliphatic hydroxyl groups is 2. The highest BCUT2D eigenvalue weighted by Gasteiger charge is 2.18. The minimum absolute atomic E-state index is 0.0697. The van der Waals surface area contributed by atoms with Gasteiger partial charge < -0.3 is 15.5 Å². The second-order valence-electron chi connectivity index (χ2n) is 26.1. The molecule has 0 heterocycles. The standard InChI is InChI=1S/C78H149NO3/c1-3-5-7-9-11-13-15-17-19-21-23-25-27-29-31-33-35-37-38-39-40-42-44-46-48-50-52-54-56-58-60-62-64-66-68-70-72-74-78(82)79-76(75-80)77(81)73-71-69-67-65-63-61-59-57-55-53-51-49-47-45-43-41-36-34-32-30-28-26-24-22-20-18-16-14-12-10-8-6-4-2/h21,23,55,57,63,65,71,73,76-77,80-81H,3-20,22,24-54,56,58-62,64,66-70,72,74-75H2,1-2H3,(H,79,82)/b23-21-,57-55+,65-63+,73-71+. The molecule has 4 nitrogen and oxygen atoms in total. The van der Waals surface area contributed by atoms with E-state index in [4.69, 9.17) is 0 Å². The average Bonchev–Trinajstić information content (AvgIpc) is 3.50. The number of rotatable bonds is 71. The summed E-state index contributed by atoms with van der Waals surface area (Å²) in [6.45, 7) is 4.34. The summed E-state index contributed by atoms with van der Waals surface area (Å²) in [6.07, 6.45) is 104. The van der Waals surface area contributed by atoms with Gasteiger partial charge in [0.25, 0.3) is 0 Å². The average molecular weight is 1150 g/mol. The monoisotopic (exact) mass is 1150 g/mol. The molecule has 0 radical (unpaired) electrons. The Kier molecular flexibility index (Phi) is 72.1. The maximum atomic E-state index is 12.6. The minimum atomic E-state index is -0.872. The first-order valence-corrected chi connectivity index (χ1v) is 37.9. The Hall–Kier alpha value is -1.65. The number of aliphatic hydroxyl groups excluding tert-OH is 2. The zero-order valence-electron chi connectivity index (χ0n) is 56.0. The van der Waals surface area contributed by atoms with E-state index in [2.05, 4.69) is 55.6 Å². The van der Waals surface area contributed by atoms with Crippen molar-refractivity contribution in [3.05, 3.63) is 48.6 Å². The zero-order chi connectivity index (χ0) is 59.1. The number of allylic oxidation sites excluding steroid dienone is 7. The first kappa shape index (κ1) is 80.3. The van der Waals surface area contributed by atoms with Crippen LogP contribution in [0.1, 0.15) is 425 Å². The molecule has 0 aliphatic carbocycles. The fourth-order valence-electron chi connectivity index (χ4n) is 12.0. The van der Waals surface area contributed by atoms with Crippen LogP contribution in [0.15, 0.2) is 48.6 Å². The maximum absolute atomic E-state index is 12.6. The molecule has 0 bridgehead atoms. The topological polar surface area (TPSA) is 69.6 Å². The van der Waals surface area contributed by atoms with Crippen LogP contribution in [0.2, 0.25) is 0 Å². The molecule has 0 aromatic carbocycles. The third-order valence-electron chi connectivity index (χ3n) is 17.8. The van der Waals surface area contributed by atoms with Crippen molar-refractivity contribution in [3.63, 3.8) is 0 Å². The van der Waals surface area contributed by atoms with E-state index in [-0.39, 0.29) is 12.5 Å². The van der Waals surface area contributed by atoms with E-state index in [1.807, 2.05) is 6.08 Å². The Morgan fingerprint density at radius 2 is 0.476 bits per heavy atom. The van der Waals surface area contributed by atoms with Gasteiger partial charge in [-0.05, 0) is 70.6 Å². The van der Waals surface area contributed by atoms with E-state index in [1.54, 1.807) is 6.08 Å². The Morgan fingerprint density at radius 1 is 0.280 bits per heavy atom. The van der Waals surface area contributed by atoms with Crippen LogP contribution in [0.25, 0.3) is 0 Å². The normalized spacial score (nSPS) is 12.9. The van der Waals surface area contributed by atoms with Gasteiger partial charge in [-0.2, -0.15) is 0 Å². The van der Waals surface area contributed by atoms with Gasteiger partial charge >= 0.3 is 0 Å². The Labute approximate surface area is 515 Å². The van der Waals surface area contributed by atoms with Gasteiger partial charge in [-0.3, -0.25) is 4.79 Å². The van der Waals surface area contributed by atoms with Crippen molar-refractivity contribution in [2.45, 2.75) is 437 Å². The van der Waals surface area contributed by atoms with Crippen LogP contribution in [0, 0.1) is 0 Å². The number of carbonyl (C=O) groups excluding carboxylic acids is 1. The molecule has 0 saturated heterocycles. The van der Waals surface area contributed by atoms with Gasteiger partial charge in [0.2, 0.25) is 5.91 Å². The highest BCUT2D eigenvalue weighted by atomic mass is 16.3. The summed E-state index contributed by atoms with van der Waals surface area (Å²) in [7, 11) is 0. The highest BCUT2D eigenvalue weighted by molar-refractivity contribution is 5.76. The van der Waals surface area contributed by atoms with Gasteiger partial charge in [-0.15, -0.1) is 0 Å². The molecule has 82 heavy (non-hydrogen) atoms. The number of amides is 1. The third kappa shape index (κ3) is 69.1. The lowest BCUT2D eigenvalue weighted by molar-refractivity contribution is -0.123. The molecule has 484 valence electrons. The van der Waals surface area contributed by atoms with Crippen molar-refractivity contribution in [1.82, 2.24) is 5.32 Å². The number of nitrogens with one attached hydrogen (secondary N) is 1. The quantitative estimate of drug-likeness (QED) is 0.0420. The van der Waals surface area contributed by atoms with Crippen molar-refractivity contribution >= 4 is 5.91 Å². The lowest BCUT2D eigenvalue weighted by atomic mass is 10.0. The number of unbranched alkanes of at least 4 members (excludes halogenated alkanes) is 58. The molecule has 4 heteroatoms. The van der Waals surface area contributed by atoms with Gasteiger partial charge in [0.05, 0.1) is 18.8 Å². The lowest BCUT2D eigenvalue weighted by Crippen LogP contribution is -2.45. The summed E-state index contributed by atoms with van der Waals surface area (Å²) >= 11 is 0. The molecule has 0 rings (SSSR count). The second kappa shape index (κ2) is 73.6. The van der Waals surface area contributed by atoms with Crippen molar-refractivity contribution in [2.24, 2.45) is 0 Å². The van der Waals surface area contributed by atoms with Crippen LogP contribution in [-0.4, -0.2) is 34.9 Å². The van der Waals surface area contributed by atoms with E-state index in [9.17, 15) is 15.0 Å². The van der Waals surface area contributed by atoms with Crippen LogP contribution >= 0.6 is 0 Å². The first-order valence-electron chi connectivity index (χ1n) is 37.9. The molecule has 0 aliphatic heterocycles. The van der Waals surface area contributed by atoms with Crippen molar-refractivity contribution in [3.8, 4) is 0 Å². The number of hydrogen-bond acceptors (Lipinski definition) is 3. The van der Waals surface area contributed by atoms with Gasteiger partial charge in [0.1, 0.15) is 0 Å². The van der Waals surface area contributed by atoms with Crippen molar-refractivity contribution in [1.29, 1.82) is 0 Å². The minimum Gasteiger partial charge on any atom is -0.394 e. The van der Waals surface area contributed by atoms with Gasteiger partial charge in [-0.1, -0.05) is 396 Å². The van der Waals surface area contributed by atoms with Crippen LogP contribution < -0.4 is 5.32 Å². The fraction of sp³-hybridized carbons (Fsp3) is 0.885. The van der Waals surface area contributed by atoms with E-state index < -0.39 is 12.1 Å². The predicted octanol–water partition coefficient (Wildman–Crippen LogP) is 26.1. The van der Waals surface area contributed by atoms with E-state index >= 15 is 0 Å². The summed E-state index contributed by atoms with van der Waals surface area (Å²) in [5.41, 5.74) is 0. The highest BCUT2D eigenvalue weighted by Crippen LogP contribution is 2.19. The summed E-state index contributed by atoms with van der Waals surface area (Å²) in [5.74, 6) is -0.0697. The maximum Gasteiger partial charge on any atom is 0.220 e. The Balaban J connectivity index is 3.44. The summed E-state index contributed by atoms with van der Waals surface area (Å²) in [6, 6.07) is -0.647. The molecule has 0 aliphatic rings. The molecule has 0 spiro atoms. The molecule has 3 N–H and O–H groups in total. The Bertz CT molecular complexity index is 1300. The predicted molar refractivity (Wildman–Crippen MR) is 368 cm³/mol. The molecular formula is C78H149NO3. The summed E-state index contributed by atoms with van der Waals surface area (Å²) in [5, 5.41) is 23.3. The molecule has 2 unspecified atom stereocenters. The second-order valence-corrected chi connectivity index (χ2v) is 26.1. The van der Waals surface area contributed by atoms with E-state index in [1.165, 1.54) is 366 Å². The van der Waals surface area contributed by atoms with Crippen LogP contribution in [-0.2, 0) is 4.79 Å². The zero-order valence-corrected chi connectivity index (χ0v) is 56.0. The van der Waals surface area contributed by atoms with Crippen LogP contribution in [0.4, 0.5) is 0 Å². The lowest BCUT2D eigenvalue weighted by Gasteiger charge is -2.19. The van der Waals surface area contributed by atoms with Gasteiger partial charge in [0, 0.05) is 6.42 Å². The summed E-state index contributed by atoms with van der Waals surface area (Å²) < 4.78 is 0. The van der Waals surface area contributed by atoms with Crippen molar-refractivity contribution < 1.29 is 15.0 Å². The first-order chi connectivity index (χ1) is 40.7. The molecule has 0 saturated carbocycles. The molecule has 0 aromatic heterocycles. The largest absolute Gasteiger partial charge is 0.394 e. The summed E-state index contributed by atoms with van der Waals surface area (Å²) in [4.78, 5) is 12.6. The molecule has 1 amide bonds. The molecular weight excluding hydrogens is 999 g/mol. The smallest absolute Gasteiger partial charge is 0.220 e. The van der Waals surface area contributed by atoms with E-state index in [0.717, 1.165) is 38.5 Å². The molecule has 2 atom stereocenters. The van der Waals surface area contributed by atoms with Gasteiger partial charge in [0.15, 0.2) is 0 Å². The molecule has 0 aromatic rings. The molecule has 0 fully saturated rings. The number of hydrogen-bond donors (Lipinski definition) is 3. The Morgan fingerprint density at radius 3 is 0.707 bits per heavy atom. The van der Waals surface area contributed by atoms with Crippen LogP contribution in [0.3, 0.4) is 0 Å². The number of carbonyl (C=O) groups is 1.